The average molecular weight is 266 g/mol. The van der Waals surface area contributed by atoms with Crippen molar-refractivity contribution in [2.45, 2.75) is 19.9 Å². The van der Waals surface area contributed by atoms with Crippen molar-refractivity contribution in [2.24, 2.45) is 11.1 Å². The van der Waals surface area contributed by atoms with Crippen LogP contribution in [0.25, 0.3) is 0 Å². The van der Waals surface area contributed by atoms with Gasteiger partial charge in [-0.05, 0) is 12.1 Å². The quantitative estimate of drug-likeness (QED) is 0.825. The van der Waals surface area contributed by atoms with Gasteiger partial charge in [-0.25, -0.2) is 4.39 Å². The summed E-state index contributed by atoms with van der Waals surface area (Å²) in [6.07, 6.45) is 0. The van der Waals surface area contributed by atoms with Crippen LogP contribution in [0.5, 0.6) is 0 Å². The third-order valence-corrected chi connectivity index (χ3v) is 3.26. The molecule has 1 aromatic carbocycles. The monoisotopic (exact) mass is 265 g/mol. The standard InChI is InChI=1S/C11H14Cl2FNO/c1-11(2,5-16)10(15)8-6(12)3-4-7(13)9(8)14/h3-4,10,16H,5,15H2,1-2H3/t10-/m0/s1. The maximum absolute atomic E-state index is 13.8. The second-order valence-electron chi connectivity index (χ2n) is 4.38. The minimum absolute atomic E-state index is 0.0245. The smallest absolute Gasteiger partial charge is 0.148 e. The minimum Gasteiger partial charge on any atom is -0.396 e. The van der Waals surface area contributed by atoms with Gasteiger partial charge in [0.25, 0.3) is 0 Å². The van der Waals surface area contributed by atoms with Gasteiger partial charge in [-0.15, -0.1) is 0 Å². The molecule has 0 aliphatic rings. The van der Waals surface area contributed by atoms with Crippen LogP contribution in [0.15, 0.2) is 12.1 Å². The highest BCUT2D eigenvalue weighted by Crippen LogP contribution is 2.37. The van der Waals surface area contributed by atoms with Crippen molar-refractivity contribution in [2.75, 3.05) is 6.61 Å². The Labute approximate surface area is 104 Å². The van der Waals surface area contributed by atoms with Gasteiger partial charge < -0.3 is 10.8 Å². The van der Waals surface area contributed by atoms with Gasteiger partial charge in [0.1, 0.15) is 5.82 Å². The summed E-state index contributed by atoms with van der Waals surface area (Å²) in [4.78, 5) is 0. The summed E-state index contributed by atoms with van der Waals surface area (Å²) in [7, 11) is 0. The second-order valence-corrected chi connectivity index (χ2v) is 5.20. The highest BCUT2D eigenvalue weighted by molar-refractivity contribution is 6.33. The van der Waals surface area contributed by atoms with Gasteiger partial charge in [0.05, 0.1) is 5.02 Å². The Balaban J connectivity index is 3.28. The zero-order valence-corrected chi connectivity index (χ0v) is 10.6. The van der Waals surface area contributed by atoms with E-state index in [1.54, 1.807) is 13.8 Å². The lowest BCUT2D eigenvalue weighted by molar-refractivity contribution is 0.131. The lowest BCUT2D eigenvalue weighted by Gasteiger charge is -2.30. The van der Waals surface area contributed by atoms with Gasteiger partial charge in [-0.2, -0.15) is 0 Å². The largest absolute Gasteiger partial charge is 0.396 e. The third kappa shape index (κ3) is 2.48. The average Bonchev–Trinajstić information content (AvgIpc) is 2.24. The van der Waals surface area contributed by atoms with E-state index in [4.69, 9.17) is 28.9 Å². The molecule has 0 aromatic heterocycles. The highest BCUT2D eigenvalue weighted by Gasteiger charge is 2.31. The molecule has 0 saturated carbocycles. The summed E-state index contributed by atoms with van der Waals surface area (Å²) in [5.41, 5.74) is 5.39. The Kier molecular flexibility index (Phi) is 4.18. The zero-order chi connectivity index (χ0) is 12.5. The fourth-order valence-electron chi connectivity index (χ4n) is 1.32. The van der Waals surface area contributed by atoms with Crippen LogP contribution in [0.4, 0.5) is 4.39 Å². The fraction of sp³-hybridized carbons (Fsp3) is 0.455. The molecule has 0 heterocycles. The molecule has 0 amide bonds. The molecule has 0 spiro atoms. The van der Waals surface area contributed by atoms with Crippen molar-refractivity contribution >= 4 is 23.2 Å². The lowest BCUT2D eigenvalue weighted by atomic mass is 9.81. The first-order valence-corrected chi connectivity index (χ1v) is 5.56. The number of aliphatic hydroxyl groups excluding tert-OH is 1. The maximum atomic E-state index is 13.8. The number of hydrogen-bond donors (Lipinski definition) is 2. The molecule has 0 saturated heterocycles. The van der Waals surface area contributed by atoms with Crippen LogP contribution in [0.3, 0.4) is 0 Å². The fourth-order valence-corrected chi connectivity index (χ4v) is 1.75. The van der Waals surface area contributed by atoms with Crippen LogP contribution in [0, 0.1) is 11.2 Å². The summed E-state index contributed by atoms with van der Waals surface area (Å²) in [6, 6.07) is 2.15. The second kappa shape index (κ2) is 4.88. The van der Waals surface area contributed by atoms with Gasteiger partial charge in [0.2, 0.25) is 0 Å². The molecule has 5 heteroatoms. The van der Waals surface area contributed by atoms with Crippen LogP contribution < -0.4 is 5.73 Å². The molecule has 16 heavy (non-hydrogen) atoms. The lowest BCUT2D eigenvalue weighted by Crippen LogP contribution is -2.33. The summed E-state index contributed by atoms with van der Waals surface area (Å²) in [6.45, 7) is 3.29. The van der Waals surface area contributed by atoms with Crippen LogP contribution >= 0.6 is 23.2 Å². The van der Waals surface area contributed by atoms with Crippen molar-refractivity contribution in [3.8, 4) is 0 Å². The Bertz CT molecular complexity index is 396. The third-order valence-electron chi connectivity index (χ3n) is 2.64. The summed E-state index contributed by atoms with van der Waals surface area (Å²) in [5, 5.41) is 9.39. The normalized spacial score (nSPS) is 13.9. The van der Waals surface area contributed by atoms with E-state index in [1.165, 1.54) is 12.1 Å². The Morgan fingerprint density at radius 3 is 2.38 bits per heavy atom. The first-order valence-electron chi connectivity index (χ1n) is 4.81. The number of benzene rings is 1. The Hall–Kier alpha value is -0.350. The Morgan fingerprint density at radius 1 is 1.38 bits per heavy atom. The first kappa shape index (κ1) is 13.7. The van der Waals surface area contributed by atoms with E-state index >= 15 is 0 Å². The molecule has 0 fully saturated rings. The van der Waals surface area contributed by atoms with Gasteiger partial charge in [-0.1, -0.05) is 37.0 Å². The number of hydrogen-bond acceptors (Lipinski definition) is 2. The molecule has 1 rings (SSSR count). The van der Waals surface area contributed by atoms with E-state index in [-0.39, 0.29) is 22.2 Å². The molecule has 1 atom stereocenters. The van der Waals surface area contributed by atoms with Crippen LogP contribution in [-0.2, 0) is 0 Å². The van der Waals surface area contributed by atoms with Gasteiger partial charge >= 0.3 is 0 Å². The van der Waals surface area contributed by atoms with Crippen molar-refractivity contribution in [3.05, 3.63) is 33.6 Å². The summed E-state index contributed by atoms with van der Waals surface area (Å²) < 4.78 is 13.8. The van der Waals surface area contributed by atoms with Crippen LogP contribution in [0.1, 0.15) is 25.5 Å². The molecular formula is C11H14Cl2FNO. The Morgan fingerprint density at radius 2 is 1.88 bits per heavy atom. The van der Waals surface area contributed by atoms with E-state index in [0.717, 1.165) is 0 Å². The summed E-state index contributed by atoms with van der Waals surface area (Å²) in [5.74, 6) is -0.622. The molecule has 2 nitrogen and oxygen atoms in total. The zero-order valence-electron chi connectivity index (χ0n) is 9.10. The first-order chi connectivity index (χ1) is 7.31. The predicted octanol–water partition coefficient (Wildman–Crippen LogP) is 3.15. The topological polar surface area (TPSA) is 46.2 Å². The highest BCUT2D eigenvalue weighted by atomic mass is 35.5. The van der Waals surface area contributed by atoms with E-state index < -0.39 is 17.3 Å². The van der Waals surface area contributed by atoms with E-state index in [2.05, 4.69) is 0 Å². The molecule has 90 valence electrons. The number of aliphatic hydroxyl groups is 1. The molecule has 1 aromatic rings. The number of halogens is 3. The molecule has 0 aliphatic carbocycles. The van der Waals surface area contributed by atoms with Gasteiger partial charge in [0, 0.05) is 28.6 Å². The molecule has 0 unspecified atom stereocenters. The van der Waals surface area contributed by atoms with Gasteiger partial charge in [0.15, 0.2) is 0 Å². The van der Waals surface area contributed by atoms with Gasteiger partial charge in [-0.3, -0.25) is 0 Å². The molecule has 0 bridgehead atoms. The predicted molar refractivity (Wildman–Crippen MR) is 64.2 cm³/mol. The molecule has 0 aliphatic heterocycles. The van der Waals surface area contributed by atoms with Crippen molar-refractivity contribution in [1.29, 1.82) is 0 Å². The molecule has 3 N–H and O–H groups in total. The van der Waals surface area contributed by atoms with Crippen LogP contribution in [-0.4, -0.2) is 11.7 Å². The van der Waals surface area contributed by atoms with E-state index in [9.17, 15) is 9.50 Å². The summed E-state index contributed by atoms with van der Waals surface area (Å²) >= 11 is 11.6. The minimum atomic E-state index is -0.719. The maximum Gasteiger partial charge on any atom is 0.148 e. The van der Waals surface area contributed by atoms with Crippen molar-refractivity contribution < 1.29 is 9.50 Å². The SMILES string of the molecule is CC(C)(CO)[C@@H](N)c1c(Cl)ccc(Cl)c1F. The number of nitrogens with two attached hydrogens (primary N) is 1. The van der Waals surface area contributed by atoms with Crippen LogP contribution in [0.2, 0.25) is 10.0 Å². The molecule has 0 radical (unpaired) electrons. The molecular weight excluding hydrogens is 252 g/mol. The van der Waals surface area contributed by atoms with E-state index in [1.807, 2.05) is 0 Å². The van der Waals surface area contributed by atoms with Crippen molar-refractivity contribution in [1.82, 2.24) is 0 Å². The van der Waals surface area contributed by atoms with Crippen molar-refractivity contribution in [3.63, 3.8) is 0 Å². The van der Waals surface area contributed by atoms with E-state index in [0.29, 0.717) is 0 Å². The number of rotatable bonds is 3.